The van der Waals surface area contributed by atoms with Gasteiger partial charge < -0.3 is 0 Å². The Balaban J connectivity index is 3.02. The van der Waals surface area contributed by atoms with Gasteiger partial charge in [0.1, 0.15) is 0 Å². The van der Waals surface area contributed by atoms with Crippen LogP contribution >= 0.6 is 0 Å². The van der Waals surface area contributed by atoms with E-state index < -0.39 is 0 Å². The number of rotatable bonds is 0. The Hall–Kier alpha value is -1.30. The molecule has 0 aromatic heterocycles. The highest BCUT2D eigenvalue weighted by molar-refractivity contribution is 5.91. The summed E-state index contributed by atoms with van der Waals surface area (Å²) in [4.78, 5) is 0. The molecule has 0 aliphatic heterocycles. The van der Waals surface area contributed by atoms with Crippen LogP contribution in [-0.2, 0) is 0 Å². The summed E-state index contributed by atoms with van der Waals surface area (Å²) in [6, 6.07) is 8.48. The Morgan fingerprint density at radius 3 is 2.00 bits per heavy atom. The molecule has 0 fully saturated rings. The molecule has 0 amide bonds. The van der Waals surface area contributed by atoms with Crippen molar-refractivity contribution in [1.82, 2.24) is 0 Å². The molecular formula is C14H15. The summed E-state index contributed by atoms with van der Waals surface area (Å²) in [5.74, 6) is 0. The fourth-order valence-corrected chi connectivity index (χ4v) is 1.98. The van der Waals surface area contributed by atoms with Crippen molar-refractivity contribution in [1.29, 1.82) is 0 Å². The SMILES string of the molecule is [CH2]c1c(C)c(C)c(C)c2ccccc12. The van der Waals surface area contributed by atoms with Gasteiger partial charge in [0.15, 0.2) is 0 Å². The molecule has 2 rings (SSSR count). The Labute approximate surface area is 85.6 Å². The van der Waals surface area contributed by atoms with Gasteiger partial charge in [0.05, 0.1) is 0 Å². The molecule has 0 N–H and O–H groups in total. The van der Waals surface area contributed by atoms with Gasteiger partial charge in [-0.2, -0.15) is 0 Å². The minimum atomic E-state index is 1.17. The Kier molecular flexibility index (Phi) is 2.07. The fraction of sp³-hybridized carbons (Fsp3) is 0.214. The van der Waals surface area contributed by atoms with E-state index in [4.69, 9.17) is 0 Å². The second-order valence-corrected chi connectivity index (χ2v) is 3.90. The second-order valence-electron chi connectivity index (χ2n) is 3.90. The molecule has 0 unspecified atom stereocenters. The molecule has 2 aromatic rings. The lowest BCUT2D eigenvalue weighted by molar-refractivity contribution is 1.28. The van der Waals surface area contributed by atoms with Crippen molar-refractivity contribution in [2.75, 3.05) is 0 Å². The van der Waals surface area contributed by atoms with E-state index in [1.165, 1.54) is 33.0 Å². The summed E-state index contributed by atoms with van der Waals surface area (Å²) in [5, 5.41) is 2.62. The van der Waals surface area contributed by atoms with Gasteiger partial charge in [-0.1, -0.05) is 24.3 Å². The first-order chi connectivity index (χ1) is 6.63. The van der Waals surface area contributed by atoms with Gasteiger partial charge in [-0.15, -0.1) is 0 Å². The average molecular weight is 183 g/mol. The summed E-state index contributed by atoms with van der Waals surface area (Å²) in [7, 11) is 0. The van der Waals surface area contributed by atoms with Crippen LogP contribution in [0, 0.1) is 27.7 Å². The third-order valence-electron chi connectivity index (χ3n) is 3.23. The molecule has 0 heteroatoms. The molecular weight excluding hydrogens is 168 g/mol. The van der Waals surface area contributed by atoms with Crippen LogP contribution in [0.15, 0.2) is 24.3 Å². The Bertz CT molecular complexity index is 446. The molecule has 2 aromatic carbocycles. The first-order valence-electron chi connectivity index (χ1n) is 4.93. The van der Waals surface area contributed by atoms with E-state index in [9.17, 15) is 0 Å². The van der Waals surface area contributed by atoms with Crippen LogP contribution < -0.4 is 0 Å². The van der Waals surface area contributed by atoms with E-state index in [0.29, 0.717) is 0 Å². The van der Waals surface area contributed by atoms with Crippen molar-refractivity contribution in [3.63, 3.8) is 0 Å². The monoisotopic (exact) mass is 183 g/mol. The van der Waals surface area contributed by atoms with Crippen LogP contribution in [0.25, 0.3) is 10.8 Å². The summed E-state index contributed by atoms with van der Waals surface area (Å²) >= 11 is 0. The fourth-order valence-electron chi connectivity index (χ4n) is 1.98. The number of benzene rings is 2. The molecule has 14 heavy (non-hydrogen) atoms. The van der Waals surface area contributed by atoms with Crippen LogP contribution in [0.4, 0.5) is 0 Å². The summed E-state index contributed by atoms with van der Waals surface area (Å²) in [5.41, 5.74) is 5.24. The molecule has 0 bridgehead atoms. The van der Waals surface area contributed by atoms with E-state index in [1.54, 1.807) is 0 Å². The maximum absolute atomic E-state index is 4.15. The van der Waals surface area contributed by atoms with Gasteiger partial charge in [-0.05, 0) is 60.7 Å². The standard InChI is InChI=1S/C14H15/c1-9-10(2)12(4)14-8-6-5-7-13(14)11(9)3/h5-8H,3H2,1-2,4H3. The highest BCUT2D eigenvalue weighted by atomic mass is 14.1. The largest absolute Gasteiger partial charge is 0.0616 e. The summed E-state index contributed by atoms with van der Waals surface area (Å²) in [6.45, 7) is 10.7. The van der Waals surface area contributed by atoms with Crippen LogP contribution in [0.3, 0.4) is 0 Å². The second kappa shape index (κ2) is 3.13. The lowest BCUT2D eigenvalue weighted by Gasteiger charge is -2.13. The maximum Gasteiger partial charge on any atom is -0.0146 e. The molecule has 1 radical (unpaired) electrons. The summed E-state index contributed by atoms with van der Waals surface area (Å²) in [6.07, 6.45) is 0. The van der Waals surface area contributed by atoms with Gasteiger partial charge in [0, 0.05) is 0 Å². The van der Waals surface area contributed by atoms with E-state index in [-0.39, 0.29) is 0 Å². The van der Waals surface area contributed by atoms with Crippen molar-refractivity contribution in [2.24, 2.45) is 0 Å². The third-order valence-corrected chi connectivity index (χ3v) is 3.23. The first-order valence-corrected chi connectivity index (χ1v) is 4.93. The van der Waals surface area contributed by atoms with Crippen molar-refractivity contribution >= 4 is 10.8 Å². The predicted molar refractivity (Wildman–Crippen MR) is 62.6 cm³/mol. The van der Waals surface area contributed by atoms with E-state index in [2.05, 4.69) is 52.0 Å². The maximum atomic E-state index is 4.15. The van der Waals surface area contributed by atoms with Gasteiger partial charge >= 0.3 is 0 Å². The quantitative estimate of drug-likeness (QED) is 0.580. The normalized spacial score (nSPS) is 10.9. The number of hydrogen-bond acceptors (Lipinski definition) is 0. The van der Waals surface area contributed by atoms with E-state index in [1.807, 2.05) is 0 Å². The third kappa shape index (κ3) is 1.14. The lowest BCUT2D eigenvalue weighted by atomic mass is 9.92. The Morgan fingerprint density at radius 2 is 1.36 bits per heavy atom. The van der Waals surface area contributed by atoms with Gasteiger partial charge in [-0.3, -0.25) is 0 Å². The van der Waals surface area contributed by atoms with Gasteiger partial charge in [-0.25, -0.2) is 0 Å². The van der Waals surface area contributed by atoms with Crippen LogP contribution in [0.5, 0.6) is 0 Å². The number of aryl methyl sites for hydroxylation is 1. The molecule has 0 nitrogen and oxygen atoms in total. The molecule has 0 heterocycles. The van der Waals surface area contributed by atoms with Crippen molar-refractivity contribution in [3.8, 4) is 0 Å². The first kappa shape index (κ1) is 9.26. The van der Waals surface area contributed by atoms with Crippen molar-refractivity contribution in [3.05, 3.63) is 53.4 Å². The average Bonchev–Trinajstić information content (AvgIpc) is 2.23. The molecule has 0 saturated carbocycles. The van der Waals surface area contributed by atoms with Crippen molar-refractivity contribution in [2.45, 2.75) is 20.8 Å². The minimum Gasteiger partial charge on any atom is -0.0616 e. The highest BCUT2D eigenvalue weighted by Gasteiger charge is 2.07. The number of fused-ring (bicyclic) bond motifs is 1. The topological polar surface area (TPSA) is 0 Å². The Morgan fingerprint density at radius 1 is 0.786 bits per heavy atom. The number of hydrogen-bond donors (Lipinski definition) is 0. The molecule has 0 saturated heterocycles. The van der Waals surface area contributed by atoms with Gasteiger partial charge in [0.25, 0.3) is 0 Å². The lowest BCUT2D eigenvalue weighted by Crippen LogP contribution is -1.93. The highest BCUT2D eigenvalue weighted by Crippen LogP contribution is 2.28. The molecule has 0 aliphatic rings. The molecule has 71 valence electrons. The van der Waals surface area contributed by atoms with Crippen LogP contribution in [0.2, 0.25) is 0 Å². The summed E-state index contributed by atoms with van der Waals surface area (Å²) < 4.78 is 0. The molecule has 0 atom stereocenters. The van der Waals surface area contributed by atoms with Crippen LogP contribution in [-0.4, -0.2) is 0 Å². The zero-order valence-electron chi connectivity index (χ0n) is 9.02. The van der Waals surface area contributed by atoms with E-state index in [0.717, 1.165) is 0 Å². The molecule has 0 spiro atoms. The van der Waals surface area contributed by atoms with Crippen LogP contribution in [0.1, 0.15) is 22.3 Å². The van der Waals surface area contributed by atoms with Crippen molar-refractivity contribution < 1.29 is 0 Å². The molecule has 0 aliphatic carbocycles. The van der Waals surface area contributed by atoms with Gasteiger partial charge in [0.2, 0.25) is 0 Å². The smallest absolute Gasteiger partial charge is 0.0146 e. The predicted octanol–water partition coefficient (Wildman–Crippen LogP) is 3.95. The van der Waals surface area contributed by atoms with E-state index >= 15 is 0 Å². The zero-order chi connectivity index (χ0) is 10.3. The zero-order valence-corrected chi connectivity index (χ0v) is 9.02. The minimum absolute atomic E-state index is 1.17.